The van der Waals surface area contributed by atoms with E-state index in [1.54, 1.807) is 6.92 Å². The van der Waals surface area contributed by atoms with Gasteiger partial charge in [0.1, 0.15) is 12.7 Å². The highest BCUT2D eigenvalue weighted by atomic mass is 17.1. The fraction of sp³-hybridized carbons (Fsp3) is 0.211. The molecule has 0 bridgehead atoms. The van der Waals surface area contributed by atoms with Crippen molar-refractivity contribution in [1.29, 1.82) is 0 Å². The molecule has 0 spiro atoms. The van der Waals surface area contributed by atoms with Crippen LogP contribution in [0.3, 0.4) is 0 Å². The fourth-order valence-corrected chi connectivity index (χ4v) is 2.26. The Morgan fingerprint density at radius 3 is 2.43 bits per heavy atom. The Bertz CT molecular complexity index is 664. The van der Waals surface area contributed by atoms with Crippen LogP contribution in [0.15, 0.2) is 66.7 Å². The van der Waals surface area contributed by atoms with Crippen LogP contribution in [-0.2, 0) is 20.8 Å². The van der Waals surface area contributed by atoms with Crippen molar-refractivity contribution in [1.82, 2.24) is 0 Å². The van der Waals surface area contributed by atoms with Crippen LogP contribution >= 0.6 is 0 Å². The maximum atomic E-state index is 11.4. The van der Waals surface area contributed by atoms with Crippen LogP contribution in [0.5, 0.6) is 0 Å². The van der Waals surface area contributed by atoms with Gasteiger partial charge in [-0.2, -0.15) is 0 Å². The third-order valence-corrected chi connectivity index (χ3v) is 3.45. The Labute approximate surface area is 135 Å². The molecule has 0 radical (unpaired) electrons. The molecule has 1 N–H and O–H groups in total. The molecule has 0 heterocycles. The predicted octanol–water partition coefficient (Wildman–Crippen LogP) is 3.87. The van der Waals surface area contributed by atoms with Crippen molar-refractivity contribution in [2.75, 3.05) is 6.61 Å². The van der Waals surface area contributed by atoms with E-state index in [0.29, 0.717) is 12.0 Å². The van der Waals surface area contributed by atoms with Crippen molar-refractivity contribution in [3.05, 3.63) is 72.3 Å². The van der Waals surface area contributed by atoms with Crippen LogP contribution in [0.4, 0.5) is 0 Å². The normalized spacial score (nSPS) is 11.7. The molecule has 0 saturated carbocycles. The van der Waals surface area contributed by atoms with Gasteiger partial charge in [-0.05, 0) is 23.6 Å². The van der Waals surface area contributed by atoms with E-state index >= 15 is 0 Å². The van der Waals surface area contributed by atoms with Gasteiger partial charge in [-0.15, -0.1) is 0 Å². The van der Waals surface area contributed by atoms with Crippen molar-refractivity contribution in [3.8, 4) is 11.1 Å². The molecule has 2 aromatic carbocycles. The first-order valence-corrected chi connectivity index (χ1v) is 7.38. The topological polar surface area (TPSA) is 55.8 Å². The molecule has 0 amide bonds. The number of carbonyl (C=O) groups is 1. The van der Waals surface area contributed by atoms with Crippen molar-refractivity contribution in [3.63, 3.8) is 0 Å². The number of hydrogen-bond donors (Lipinski definition) is 1. The molecule has 4 heteroatoms. The van der Waals surface area contributed by atoms with Crippen LogP contribution in [0.25, 0.3) is 11.1 Å². The first-order valence-electron chi connectivity index (χ1n) is 7.38. The molecule has 0 aliphatic heterocycles. The molecule has 0 saturated heterocycles. The molecule has 2 aromatic rings. The minimum atomic E-state index is -0.636. The van der Waals surface area contributed by atoms with Gasteiger partial charge in [-0.25, -0.2) is 9.68 Å². The van der Waals surface area contributed by atoms with Gasteiger partial charge in [0.15, 0.2) is 0 Å². The Balaban J connectivity index is 2.12. The van der Waals surface area contributed by atoms with Crippen molar-refractivity contribution in [2.45, 2.75) is 19.4 Å². The number of hydrogen-bond acceptors (Lipinski definition) is 4. The maximum absolute atomic E-state index is 11.4. The van der Waals surface area contributed by atoms with Gasteiger partial charge in [0.25, 0.3) is 0 Å². The second-order valence-corrected chi connectivity index (χ2v) is 5.33. The highest BCUT2D eigenvalue weighted by Crippen LogP contribution is 2.24. The second kappa shape index (κ2) is 8.27. The average Bonchev–Trinajstić information content (AvgIpc) is 2.59. The van der Waals surface area contributed by atoms with Crippen LogP contribution in [-0.4, -0.2) is 23.9 Å². The Morgan fingerprint density at radius 1 is 1.13 bits per heavy atom. The van der Waals surface area contributed by atoms with Crippen molar-refractivity contribution >= 4 is 5.97 Å². The van der Waals surface area contributed by atoms with E-state index in [-0.39, 0.29) is 6.61 Å². The summed E-state index contributed by atoms with van der Waals surface area (Å²) in [4.78, 5) is 15.9. The van der Waals surface area contributed by atoms with Gasteiger partial charge in [-0.1, -0.05) is 61.2 Å². The summed E-state index contributed by atoms with van der Waals surface area (Å²) >= 11 is 0. The maximum Gasteiger partial charge on any atom is 0.333 e. The van der Waals surface area contributed by atoms with Gasteiger partial charge < -0.3 is 4.74 Å². The van der Waals surface area contributed by atoms with Crippen molar-refractivity contribution < 1.29 is 19.7 Å². The van der Waals surface area contributed by atoms with E-state index in [1.807, 2.05) is 54.6 Å². The molecule has 2 rings (SSSR count). The molecule has 0 aromatic heterocycles. The number of ether oxygens (including phenoxy) is 1. The summed E-state index contributed by atoms with van der Waals surface area (Å²) in [5.41, 5.74) is 3.45. The SMILES string of the molecule is C=C(C)C(=O)OCC(Cc1ccccc1-c1ccccc1)OO. The number of benzene rings is 2. The standard InChI is InChI=1S/C19H20O4/c1-14(2)19(20)22-13-17(23-21)12-16-10-6-7-11-18(16)15-8-4-3-5-9-15/h3-11,17,21H,1,12-13H2,2H3. The second-order valence-electron chi connectivity index (χ2n) is 5.33. The van der Waals surface area contributed by atoms with E-state index < -0.39 is 12.1 Å². The summed E-state index contributed by atoms with van der Waals surface area (Å²) in [6.45, 7) is 5.05. The lowest BCUT2D eigenvalue weighted by Gasteiger charge is -2.16. The Kier molecular flexibility index (Phi) is 6.09. The summed E-state index contributed by atoms with van der Waals surface area (Å²) in [5.74, 6) is -0.497. The predicted molar refractivity (Wildman–Crippen MR) is 88.9 cm³/mol. The zero-order valence-electron chi connectivity index (χ0n) is 13.1. The van der Waals surface area contributed by atoms with Crippen LogP contribution in [0, 0.1) is 0 Å². The summed E-state index contributed by atoms with van der Waals surface area (Å²) in [6.07, 6.45) is -0.214. The zero-order chi connectivity index (χ0) is 16.7. The molecule has 0 fully saturated rings. The van der Waals surface area contributed by atoms with E-state index in [4.69, 9.17) is 9.99 Å². The van der Waals surface area contributed by atoms with E-state index in [9.17, 15) is 4.79 Å². The molecule has 1 unspecified atom stereocenters. The molecule has 1 atom stereocenters. The van der Waals surface area contributed by atoms with E-state index in [0.717, 1.165) is 16.7 Å². The van der Waals surface area contributed by atoms with Gasteiger partial charge in [0, 0.05) is 12.0 Å². The molecule has 0 aliphatic rings. The number of rotatable bonds is 7. The third kappa shape index (κ3) is 4.77. The highest BCUT2D eigenvalue weighted by molar-refractivity contribution is 5.86. The monoisotopic (exact) mass is 312 g/mol. The largest absolute Gasteiger partial charge is 0.459 e. The lowest BCUT2D eigenvalue weighted by Crippen LogP contribution is -2.24. The molecular weight excluding hydrogens is 292 g/mol. The summed E-state index contributed by atoms with van der Waals surface area (Å²) in [5, 5.41) is 9.09. The van der Waals surface area contributed by atoms with Crippen LogP contribution in [0.1, 0.15) is 12.5 Å². The van der Waals surface area contributed by atoms with Gasteiger partial charge in [0.2, 0.25) is 0 Å². The Hall–Kier alpha value is -2.43. The smallest absolute Gasteiger partial charge is 0.333 e. The van der Waals surface area contributed by atoms with Gasteiger partial charge in [0.05, 0.1) is 0 Å². The van der Waals surface area contributed by atoms with Gasteiger partial charge >= 0.3 is 5.97 Å². The average molecular weight is 312 g/mol. The first-order chi connectivity index (χ1) is 11.1. The third-order valence-electron chi connectivity index (χ3n) is 3.45. The number of carbonyl (C=O) groups excluding carboxylic acids is 1. The fourth-order valence-electron chi connectivity index (χ4n) is 2.26. The van der Waals surface area contributed by atoms with E-state index in [2.05, 4.69) is 11.5 Å². The molecule has 0 aliphatic carbocycles. The molecular formula is C19H20O4. The minimum absolute atomic E-state index is 0.0364. The summed E-state index contributed by atoms with van der Waals surface area (Å²) < 4.78 is 5.05. The van der Waals surface area contributed by atoms with E-state index in [1.165, 1.54) is 0 Å². The summed E-state index contributed by atoms with van der Waals surface area (Å²) in [7, 11) is 0. The van der Waals surface area contributed by atoms with Gasteiger partial charge in [-0.3, -0.25) is 5.26 Å². The van der Waals surface area contributed by atoms with Crippen LogP contribution in [0.2, 0.25) is 0 Å². The lowest BCUT2D eigenvalue weighted by atomic mass is 9.96. The zero-order valence-corrected chi connectivity index (χ0v) is 13.1. The lowest BCUT2D eigenvalue weighted by molar-refractivity contribution is -0.285. The minimum Gasteiger partial charge on any atom is -0.459 e. The van der Waals surface area contributed by atoms with Crippen molar-refractivity contribution in [2.24, 2.45) is 0 Å². The quantitative estimate of drug-likeness (QED) is 0.365. The number of esters is 1. The molecule has 4 nitrogen and oxygen atoms in total. The van der Waals surface area contributed by atoms with Crippen LogP contribution < -0.4 is 0 Å². The highest BCUT2D eigenvalue weighted by Gasteiger charge is 2.16. The molecule has 23 heavy (non-hydrogen) atoms. The molecule has 120 valence electrons. The Morgan fingerprint density at radius 2 is 1.78 bits per heavy atom. The summed E-state index contributed by atoms with van der Waals surface area (Å²) in [6, 6.07) is 17.8. The first kappa shape index (κ1) is 16.9.